The van der Waals surface area contributed by atoms with E-state index < -0.39 is 0 Å². The lowest BCUT2D eigenvalue weighted by molar-refractivity contribution is -0.105. The normalized spacial score (nSPS) is 14.4. The molecule has 26 heavy (non-hydrogen) atoms. The van der Waals surface area contributed by atoms with E-state index in [0.29, 0.717) is 17.6 Å². The molecule has 0 radical (unpaired) electrons. The fourth-order valence-corrected chi connectivity index (χ4v) is 3.16. The van der Waals surface area contributed by atoms with Crippen LogP contribution in [0.1, 0.15) is 0 Å². The number of carbonyl (C=O) groups excluding carboxylic acids is 1. The Morgan fingerprint density at radius 1 is 1.04 bits per heavy atom. The van der Waals surface area contributed by atoms with Crippen LogP contribution in [0.25, 0.3) is 22.0 Å². The highest BCUT2D eigenvalue weighted by Crippen LogP contribution is 2.30. The van der Waals surface area contributed by atoms with Gasteiger partial charge in [0.05, 0.1) is 24.4 Å². The fourth-order valence-electron chi connectivity index (χ4n) is 3.16. The van der Waals surface area contributed by atoms with Crippen molar-refractivity contribution in [3.63, 3.8) is 0 Å². The summed E-state index contributed by atoms with van der Waals surface area (Å²) in [4.78, 5) is 12.9. The number of nitrogen functional groups attached to an aromatic ring is 1. The average molecular weight is 349 g/mol. The lowest BCUT2D eigenvalue weighted by Crippen LogP contribution is -2.36. The molecule has 3 N–H and O–H groups in total. The van der Waals surface area contributed by atoms with E-state index in [1.807, 2.05) is 18.2 Å². The zero-order valence-electron chi connectivity index (χ0n) is 14.2. The van der Waals surface area contributed by atoms with Crippen LogP contribution in [0.2, 0.25) is 0 Å². The van der Waals surface area contributed by atoms with Crippen molar-refractivity contribution in [2.45, 2.75) is 0 Å². The van der Waals surface area contributed by atoms with Gasteiger partial charge in [-0.25, -0.2) is 0 Å². The molecule has 4 rings (SSSR count). The van der Waals surface area contributed by atoms with Gasteiger partial charge < -0.3 is 20.7 Å². The summed E-state index contributed by atoms with van der Waals surface area (Å²) in [6.07, 6.45) is 0.538. The van der Waals surface area contributed by atoms with Crippen LogP contribution < -0.4 is 16.0 Å². The third kappa shape index (κ3) is 3.04. The number of nitrogens with two attached hydrogens (primary N) is 1. The number of benzene rings is 2. The summed E-state index contributed by atoms with van der Waals surface area (Å²) < 4.78 is 5.40. The van der Waals surface area contributed by atoms with Crippen molar-refractivity contribution in [2.75, 3.05) is 42.3 Å². The largest absolute Gasteiger partial charge is 0.395 e. The SMILES string of the molecule is Nc1c(NC=O)nnc2cc(-c3ccc(N4CCOCC4)cc3)ccc12. The van der Waals surface area contributed by atoms with Gasteiger partial charge in [0.25, 0.3) is 0 Å². The summed E-state index contributed by atoms with van der Waals surface area (Å²) in [5.74, 6) is 0.273. The molecule has 1 amide bonds. The summed E-state index contributed by atoms with van der Waals surface area (Å²) >= 11 is 0. The number of fused-ring (bicyclic) bond motifs is 1. The number of ether oxygens (including phenoxy) is 1. The summed E-state index contributed by atoms with van der Waals surface area (Å²) in [6.45, 7) is 3.38. The molecule has 1 aromatic heterocycles. The van der Waals surface area contributed by atoms with Crippen molar-refractivity contribution in [2.24, 2.45) is 0 Å². The van der Waals surface area contributed by atoms with E-state index in [1.165, 1.54) is 5.69 Å². The smallest absolute Gasteiger partial charge is 0.212 e. The van der Waals surface area contributed by atoms with Crippen LogP contribution in [-0.2, 0) is 9.53 Å². The molecule has 1 aliphatic rings. The molecule has 7 heteroatoms. The molecule has 0 bridgehead atoms. The Hall–Kier alpha value is -3.19. The molecule has 0 saturated carbocycles. The molecule has 132 valence electrons. The first-order valence-corrected chi connectivity index (χ1v) is 8.45. The fraction of sp³-hybridized carbons (Fsp3) is 0.211. The van der Waals surface area contributed by atoms with Gasteiger partial charge in [0.15, 0.2) is 5.82 Å². The van der Waals surface area contributed by atoms with Gasteiger partial charge in [0.1, 0.15) is 0 Å². The van der Waals surface area contributed by atoms with Gasteiger partial charge in [0, 0.05) is 24.2 Å². The molecule has 1 saturated heterocycles. The first kappa shape index (κ1) is 16.3. The van der Waals surface area contributed by atoms with Crippen molar-refractivity contribution in [1.82, 2.24) is 10.2 Å². The van der Waals surface area contributed by atoms with Crippen molar-refractivity contribution in [3.8, 4) is 11.1 Å². The van der Waals surface area contributed by atoms with Gasteiger partial charge in [-0.05, 0) is 35.4 Å². The Kier molecular flexibility index (Phi) is 4.37. The number of hydrogen-bond donors (Lipinski definition) is 2. The lowest BCUT2D eigenvalue weighted by Gasteiger charge is -2.28. The van der Waals surface area contributed by atoms with Crippen LogP contribution in [0.15, 0.2) is 42.5 Å². The molecular formula is C19H19N5O2. The molecule has 0 spiro atoms. The summed E-state index contributed by atoms with van der Waals surface area (Å²) in [6, 6.07) is 14.3. The number of rotatable bonds is 4. The number of nitrogens with one attached hydrogen (secondary N) is 1. The first-order chi connectivity index (χ1) is 12.8. The van der Waals surface area contributed by atoms with Crippen molar-refractivity contribution in [1.29, 1.82) is 0 Å². The number of aromatic nitrogens is 2. The Morgan fingerprint density at radius 2 is 1.77 bits per heavy atom. The van der Waals surface area contributed by atoms with E-state index in [2.05, 4.69) is 44.7 Å². The van der Waals surface area contributed by atoms with Crippen LogP contribution >= 0.6 is 0 Å². The van der Waals surface area contributed by atoms with Crippen molar-refractivity contribution < 1.29 is 9.53 Å². The quantitative estimate of drug-likeness (QED) is 0.702. The van der Waals surface area contributed by atoms with Crippen molar-refractivity contribution in [3.05, 3.63) is 42.5 Å². The number of anilines is 3. The number of amides is 1. The topological polar surface area (TPSA) is 93.4 Å². The molecule has 2 aromatic carbocycles. The van der Waals surface area contributed by atoms with Gasteiger partial charge in [0.2, 0.25) is 6.41 Å². The molecule has 2 heterocycles. The average Bonchev–Trinajstić information content (AvgIpc) is 2.71. The summed E-state index contributed by atoms with van der Waals surface area (Å²) in [5, 5.41) is 11.4. The molecule has 0 unspecified atom stereocenters. The Balaban J connectivity index is 1.64. The minimum Gasteiger partial charge on any atom is -0.395 e. The zero-order valence-corrected chi connectivity index (χ0v) is 14.2. The Morgan fingerprint density at radius 3 is 2.50 bits per heavy atom. The maximum atomic E-state index is 10.6. The molecule has 7 nitrogen and oxygen atoms in total. The maximum absolute atomic E-state index is 10.6. The summed E-state index contributed by atoms with van der Waals surface area (Å²) in [5.41, 5.74) is 10.5. The van der Waals surface area contributed by atoms with E-state index in [9.17, 15) is 4.79 Å². The first-order valence-electron chi connectivity index (χ1n) is 8.45. The molecule has 3 aromatic rings. The second-order valence-corrected chi connectivity index (χ2v) is 6.10. The molecule has 0 atom stereocenters. The highest BCUT2D eigenvalue weighted by molar-refractivity contribution is 5.98. The molecule has 1 aliphatic heterocycles. The standard InChI is InChI=1S/C19H19N5O2/c20-18-16-6-3-14(11-17(16)22-23-19(18)21-12-25)13-1-4-15(5-2-13)24-7-9-26-10-8-24/h1-6,11-12H,7-10H2,(H2,20,22)(H,21,23,25). The number of hydrogen-bond acceptors (Lipinski definition) is 6. The number of morpholine rings is 1. The van der Waals surface area contributed by atoms with E-state index in [-0.39, 0.29) is 5.82 Å². The van der Waals surface area contributed by atoms with Gasteiger partial charge in [-0.1, -0.05) is 18.2 Å². The Bertz CT molecular complexity index is 937. The van der Waals surface area contributed by atoms with Crippen LogP contribution in [-0.4, -0.2) is 42.9 Å². The predicted molar refractivity (Wildman–Crippen MR) is 102 cm³/mol. The van der Waals surface area contributed by atoms with E-state index >= 15 is 0 Å². The van der Waals surface area contributed by atoms with E-state index in [1.54, 1.807) is 0 Å². The third-order valence-electron chi connectivity index (χ3n) is 4.57. The molecular weight excluding hydrogens is 330 g/mol. The molecule has 0 aliphatic carbocycles. The van der Waals surface area contributed by atoms with E-state index in [0.717, 1.165) is 42.8 Å². The molecule has 1 fully saturated rings. The lowest BCUT2D eigenvalue weighted by atomic mass is 10.0. The predicted octanol–water partition coefficient (Wildman–Crippen LogP) is 2.28. The zero-order chi connectivity index (χ0) is 17.9. The van der Waals surface area contributed by atoms with Crippen LogP contribution in [0.5, 0.6) is 0 Å². The number of carbonyl (C=O) groups is 1. The summed E-state index contributed by atoms with van der Waals surface area (Å²) in [7, 11) is 0. The maximum Gasteiger partial charge on any atom is 0.212 e. The second kappa shape index (κ2) is 6.97. The monoisotopic (exact) mass is 349 g/mol. The number of nitrogens with zero attached hydrogens (tertiary/aromatic N) is 3. The minimum absolute atomic E-state index is 0.273. The van der Waals surface area contributed by atoms with Gasteiger partial charge in [-0.3, -0.25) is 4.79 Å². The van der Waals surface area contributed by atoms with Crippen molar-refractivity contribution >= 4 is 34.5 Å². The minimum atomic E-state index is 0.273. The van der Waals surface area contributed by atoms with Crippen LogP contribution in [0.4, 0.5) is 17.2 Å². The van der Waals surface area contributed by atoms with Gasteiger partial charge in [-0.15, -0.1) is 10.2 Å². The second-order valence-electron chi connectivity index (χ2n) is 6.10. The third-order valence-corrected chi connectivity index (χ3v) is 4.57. The van der Waals surface area contributed by atoms with E-state index in [4.69, 9.17) is 10.5 Å². The van der Waals surface area contributed by atoms with Gasteiger partial charge >= 0.3 is 0 Å². The Labute approximate surface area is 150 Å². The van der Waals surface area contributed by atoms with Crippen LogP contribution in [0.3, 0.4) is 0 Å². The van der Waals surface area contributed by atoms with Crippen LogP contribution in [0, 0.1) is 0 Å². The highest BCUT2D eigenvalue weighted by atomic mass is 16.5. The van der Waals surface area contributed by atoms with Gasteiger partial charge in [-0.2, -0.15) is 0 Å². The highest BCUT2D eigenvalue weighted by Gasteiger charge is 2.12.